The molecule has 1 aromatic carbocycles. The second kappa shape index (κ2) is 2.74. The van der Waals surface area contributed by atoms with Gasteiger partial charge in [0.25, 0.3) is 0 Å². The summed E-state index contributed by atoms with van der Waals surface area (Å²) in [6, 6.07) is 4.38. The number of aromatic nitrogens is 2. The highest BCUT2D eigenvalue weighted by molar-refractivity contribution is 5.79. The molecule has 0 bridgehead atoms. The number of rotatable bonds is 0. The molecule has 0 fully saturated rings. The highest BCUT2D eigenvalue weighted by Crippen LogP contribution is 2.25. The molecule has 3 N–H and O–H groups in total. The third-order valence-corrected chi connectivity index (χ3v) is 2.96. The quantitative estimate of drug-likeness (QED) is 0.663. The molecule has 0 saturated heterocycles. The summed E-state index contributed by atoms with van der Waals surface area (Å²) in [4.78, 5) is 7.32. The van der Waals surface area contributed by atoms with Crippen molar-refractivity contribution in [2.45, 2.75) is 25.7 Å². The molecule has 0 atom stereocenters. The maximum Gasteiger partial charge on any atom is 0.198 e. The van der Waals surface area contributed by atoms with Gasteiger partial charge in [0.2, 0.25) is 0 Å². The molecule has 1 aromatic heterocycles. The van der Waals surface area contributed by atoms with E-state index in [9.17, 15) is 0 Å². The van der Waals surface area contributed by atoms with Crippen LogP contribution in [0.15, 0.2) is 12.1 Å². The van der Waals surface area contributed by atoms with Gasteiger partial charge in [-0.25, -0.2) is 4.98 Å². The first-order valence-corrected chi connectivity index (χ1v) is 5.10. The van der Waals surface area contributed by atoms with E-state index in [1.54, 1.807) is 0 Å². The van der Waals surface area contributed by atoms with Crippen LogP contribution < -0.4 is 5.73 Å². The normalized spacial score (nSPS) is 15.7. The van der Waals surface area contributed by atoms with Crippen LogP contribution in [-0.2, 0) is 12.8 Å². The van der Waals surface area contributed by atoms with Crippen LogP contribution in [-0.4, -0.2) is 9.97 Å². The average Bonchev–Trinajstić information content (AvgIpc) is 2.53. The van der Waals surface area contributed by atoms with Crippen molar-refractivity contribution in [3.8, 4) is 0 Å². The number of fused-ring (bicyclic) bond motifs is 2. The summed E-state index contributed by atoms with van der Waals surface area (Å²) >= 11 is 0. The van der Waals surface area contributed by atoms with E-state index in [0.717, 1.165) is 11.0 Å². The Balaban J connectivity index is 2.26. The van der Waals surface area contributed by atoms with Crippen LogP contribution in [0, 0.1) is 0 Å². The molecule has 0 spiro atoms. The second-order valence-electron chi connectivity index (χ2n) is 3.97. The number of hydrogen-bond acceptors (Lipinski definition) is 2. The molecule has 0 radical (unpaired) electrons. The standard InChI is InChI=1S/C11H13N3/c12-11-13-9-5-7-3-1-2-4-8(7)6-10(9)14-11/h5-6H,1-4H2,(H3,12,13,14). The second-order valence-corrected chi connectivity index (χ2v) is 3.97. The van der Waals surface area contributed by atoms with Crippen LogP contribution in [0.25, 0.3) is 11.0 Å². The van der Waals surface area contributed by atoms with Crippen molar-refractivity contribution in [3.63, 3.8) is 0 Å². The van der Waals surface area contributed by atoms with Crippen LogP contribution in [0.3, 0.4) is 0 Å². The van der Waals surface area contributed by atoms with Crippen molar-refractivity contribution in [2.24, 2.45) is 0 Å². The van der Waals surface area contributed by atoms with Crippen molar-refractivity contribution < 1.29 is 0 Å². The fraction of sp³-hybridized carbons (Fsp3) is 0.364. The molecule has 3 heteroatoms. The Morgan fingerprint density at radius 3 is 2.64 bits per heavy atom. The van der Waals surface area contributed by atoms with Crippen molar-refractivity contribution in [3.05, 3.63) is 23.3 Å². The predicted octanol–water partition coefficient (Wildman–Crippen LogP) is 2.02. The highest BCUT2D eigenvalue weighted by Gasteiger charge is 2.11. The maximum atomic E-state index is 5.62. The van der Waals surface area contributed by atoms with Crippen molar-refractivity contribution >= 4 is 17.0 Å². The summed E-state index contributed by atoms with van der Waals surface area (Å²) in [5, 5.41) is 0. The number of imidazole rings is 1. The minimum absolute atomic E-state index is 0.516. The first-order chi connectivity index (χ1) is 6.83. The summed E-state index contributed by atoms with van der Waals surface area (Å²) in [5.74, 6) is 0.516. The fourth-order valence-corrected chi connectivity index (χ4v) is 2.26. The molecule has 72 valence electrons. The highest BCUT2D eigenvalue weighted by atomic mass is 15.0. The lowest BCUT2D eigenvalue weighted by Crippen LogP contribution is -2.01. The lowest BCUT2D eigenvalue weighted by Gasteiger charge is -2.14. The van der Waals surface area contributed by atoms with Gasteiger partial charge in [-0.1, -0.05) is 0 Å². The Morgan fingerprint density at radius 2 is 1.86 bits per heavy atom. The summed E-state index contributed by atoms with van der Waals surface area (Å²) in [6.07, 6.45) is 5.00. The van der Waals surface area contributed by atoms with Crippen LogP contribution in [0.2, 0.25) is 0 Å². The number of hydrogen-bond donors (Lipinski definition) is 2. The number of nitrogens with two attached hydrogens (primary N) is 1. The van der Waals surface area contributed by atoms with Gasteiger partial charge < -0.3 is 10.7 Å². The Hall–Kier alpha value is -1.51. The van der Waals surface area contributed by atoms with Gasteiger partial charge >= 0.3 is 0 Å². The van der Waals surface area contributed by atoms with E-state index in [4.69, 9.17) is 5.73 Å². The van der Waals surface area contributed by atoms with E-state index < -0.39 is 0 Å². The number of nitrogens with one attached hydrogen (secondary N) is 1. The van der Waals surface area contributed by atoms with E-state index >= 15 is 0 Å². The minimum Gasteiger partial charge on any atom is -0.369 e. The fourth-order valence-electron chi connectivity index (χ4n) is 2.26. The molecule has 0 saturated carbocycles. The molecule has 0 aliphatic heterocycles. The zero-order valence-electron chi connectivity index (χ0n) is 8.01. The average molecular weight is 187 g/mol. The number of nitrogen functional groups attached to an aromatic ring is 1. The Kier molecular flexibility index (Phi) is 1.54. The van der Waals surface area contributed by atoms with Crippen LogP contribution in [0.1, 0.15) is 24.0 Å². The minimum atomic E-state index is 0.516. The smallest absolute Gasteiger partial charge is 0.198 e. The van der Waals surface area contributed by atoms with Crippen LogP contribution in [0.5, 0.6) is 0 Å². The number of anilines is 1. The SMILES string of the molecule is Nc1nc2cc3c(cc2[nH]1)CCCC3. The summed E-state index contributed by atoms with van der Waals surface area (Å²) in [6.45, 7) is 0. The maximum absolute atomic E-state index is 5.62. The molecule has 0 amide bonds. The Morgan fingerprint density at radius 1 is 1.14 bits per heavy atom. The van der Waals surface area contributed by atoms with Crippen LogP contribution in [0.4, 0.5) is 5.95 Å². The van der Waals surface area contributed by atoms with E-state index in [2.05, 4.69) is 22.1 Å². The number of aryl methyl sites for hydroxylation is 2. The zero-order valence-corrected chi connectivity index (χ0v) is 8.01. The first kappa shape index (κ1) is 7.85. The molecule has 1 heterocycles. The predicted molar refractivity (Wildman–Crippen MR) is 57.1 cm³/mol. The van der Waals surface area contributed by atoms with E-state index in [1.807, 2.05) is 0 Å². The van der Waals surface area contributed by atoms with Gasteiger partial charge in [-0.2, -0.15) is 0 Å². The number of H-pyrrole nitrogens is 1. The molecular weight excluding hydrogens is 174 g/mol. The molecule has 14 heavy (non-hydrogen) atoms. The summed E-state index contributed by atoms with van der Waals surface area (Å²) < 4.78 is 0. The molecule has 1 aliphatic rings. The molecule has 3 rings (SSSR count). The largest absolute Gasteiger partial charge is 0.369 e. The summed E-state index contributed by atoms with van der Waals surface area (Å²) in [7, 11) is 0. The van der Waals surface area contributed by atoms with E-state index in [1.165, 1.54) is 36.8 Å². The van der Waals surface area contributed by atoms with E-state index in [0.29, 0.717) is 5.95 Å². The Bertz CT molecular complexity index is 441. The Labute approximate surface area is 82.3 Å². The van der Waals surface area contributed by atoms with E-state index in [-0.39, 0.29) is 0 Å². The molecule has 3 nitrogen and oxygen atoms in total. The van der Waals surface area contributed by atoms with Gasteiger partial charge in [-0.05, 0) is 48.9 Å². The van der Waals surface area contributed by atoms with Crippen molar-refractivity contribution in [2.75, 3.05) is 5.73 Å². The van der Waals surface area contributed by atoms with Gasteiger partial charge in [0.15, 0.2) is 5.95 Å². The van der Waals surface area contributed by atoms with Gasteiger partial charge in [-0.3, -0.25) is 0 Å². The van der Waals surface area contributed by atoms with Crippen molar-refractivity contribution in [1.82, 2.24) is 9.97 Å². The number of aromatic amines is 1. The lowest BCUT2D eigenvalue weighted by atomic mass is 9.91. The molecular formula is C11H13N3. The van der Waals surface area contributed by atoms with Gasteiger partial charge in [0.1, 0.15) is 0 Å². The van der Waals surface area contributed by atoms with Crippen LogP contribution >= 0.6 is 0 Å². The zero-order chi connectivity index (χ0) is 9.54. The third-order valence-electron chi connectivity index (χ3n) is 2.96. The van der Waals surface area contributed by atoms with Gasteiger partial charge in [0, 0.05) is 0 Å². The monoisotopic (exact) mass is 187 g/mol. The summed E-state index contributed by atoms with van der Waals surface area (Å²) in [5.41, 5.74) is 10.6. The lowest BCUT2D eigenvalue weighted by molar-refractivity contribution is 0.687. The third kappa shape index (κ3) is 1.09. The number of benzene rings is 1. The first-order valence-electron chi connectivity index (χ1n) is 5.10. The molecule has 0 unspecified atom stereocenters. The number of nitrogens with zero attached hydrogens (tertiary/aromatic N) is 1. The molecule has 1 aliphatic carbocycles. The van der Waals surface area contributed by atoms with Crippen molar-refractivity contribution in [1.29, 1.82) is 0 Å². The molecule has 2 aromatic rings. The topological polar surface area (TPSA) is 54.7 Å². The van der Waals surface area contributed by atoms with Gasteiger partial charge in [-0.15, -0.1) is 0 Å². The van der Waals surface area contributed by atoms with Gasteiger partial charge in [0.05, 0.1) is 11.0 Å².